The number of aromatic nitrogens is 1. The molecule has 0 amide bonds. The Labute approximate surface area is 234 Å². The Balaban J connectivity index is 1.33. The van der Waals surface area contributed by atoms with E-state index in [1.807, 2.05) is 55.5 Å². The molecule has 0 saturated carbocycles. The Kier molecular flexibility index (Phi) is 8.18. The van der Waals surface area contributed by atoms with Gasteiger partial charge >= 0.3 is 16.2 Å². The lowest BCUT2D eigenvalue weighted by Crippen LogP contribution is -2.45. The molecule has 0 saturated heterocycles. The number of benzene rings is 3. The van der Waals surface area contributed by atoms with E-state index in [1.165, 1.54) is 4.31 Å². The number of rotatable bonds is 11. The zero-order valence-corrected chi connectivity index (χ0v) is 23.3. The first-order chi connectivity index (χ1) is 19.3. The summed E-state index contributed by atoms with van der Waals surface area (Å²) in [5, 5.41) is 0. The second kappa shape index (κ2) is 11.9. The lowest BCUT2D eigenvalue weighted by atomic mass is 10.2. The molecule has 0 spiro atoms. The molecule has 0 aliphatic carbocycles. The van der Waals surface area contributed by atoms with Crippen LogP contribution in [0.15, 0.2) is 83.3 Å². The van der Waals surface area contributed by atoms with Crippen molar-refractivity contribution in [2.24, 2.45) is 0 Å². The van der Waals surface area contributed by atoms with E-state index in [2.05, 4.69) is 4.98 Å². The standard InChI is InChI=1S/C30H31N3O6S/c1-3-37-29(34)20-32(40(35,36)33-17-16-24-11-7-8-15-28(24)33)19-23-10-9-14-26(18-23)38-21-27-22(2)39-30(31-27)25-12-5-4-6-13-25/h4-15,18H,3,16-17,19-21H2,1-2H3. The minimum Gasteiger partial charge on any atom is -0.487 e. The van der Waals surface area contributed by atoms with Gasteiger partial charge in [-0.25, -0.2) is 4.98 Å². The molecule has 5 rings (SSSR count). The van der Waals surface area contributed by atoms with Crippen molar-refractivity contribution in [3.8, 4) is 17.2 Å². The van der Waals surface area contributed by atoms with E-state index in [-0.39, 0.29) is 19.8 Å². The van der Waals surface area contributed by atoms with Gasteiger partial charge in [0.15, 0.2) is 0 Å². The fourth-order valence-corrected chi connectivity index (χ4v) is 6.22. The van der Waals surface area contributed by atoms with Crippen LogP contribution in [0.25, 0.3) is 11.5 Å². The fraction of sp³-hybridized carbons (Fsp3) is 0.267. The maximum atomic E-state index is 13.8. The first kappa shape index (κ1) is 27.4. The molecule has 0 fully saturated rings. The van der Waals surface area contributed by atoms with Crippen molar-refractivity contribution >= 4 is 21.9 Å². The number of anilines is 1. The van der Waals surface area contributed by atoms with Gasteiger partial charge in [0.05, 0.1) is 12.3 Å². The topological polar surface area (TPSA) is 102 Å². The number of hydrogen-bond donors (Lipinski definition) is 0. The Bertz CT molecular complexity index is 1590. The van der Waals surface area contributed by atoms with Gasteiger partial charge in [-0.2, -0.15) is 12.7 Å². The predicted molar refractivity (Wildman–Crippen MR) is 151 cm³/mol. The minimum absolute atomic E-state index is 0.0296. The first-order valence-electron chi connectivity index (χ1n) is 13.1. The summed E-state index contributed by atoms with van der Waals surface area (Å²) in [6.07, 6.45) is 0.611. The summed E-state index contributed by atoms with van der Waals surface area (Å²) >= 11 is 0. The second-order valence-corrected chi connectivity index (χ2v) is 11.2. The summed E-state index contributed by atoms with van der Waals surface area (Å²) in [5.74, 6) is 1.12. The summed E-state index contributed by atoms with van der Waals surface area (Å²) in [6.45, 7) is 3.75. The van der Waals surface area contributed by atoms with Crippen LogP contribution in [0.2, 0.25) is 0 Å². The highest BCUT2D eigenvalue weighted by molar-refractivity contribution is 7.90. The van der Waals surface area contributed by atoms with Gasteiger partial charge in [0.25, 0.3) is 0 Å². The number of carbonyl (C=O) groups is 1. The van der Waals surface area contributed by atoms with Crippen LogP contribution in [0.4, 0.5) is 5.69 Å². The normalized spacial score (nSPS) is 12.9. The van der Waals surface area contributed by atoms with Crippen molar-refractivity contribution in [3.63, 3.8) is 0 Å². The third-order valence-electron chi connectivity index (χ3n) is 6.61. The molecule has 0 atom stereocenters. The number of oxazole rings is 1. The Morgan fingerprint density at radius 2 is 1.82 bits per heavy atom. The second-order valence-electron chi connectivity index (χ2n) is 9.36. The van der Waals surface area contributed by atoms with Crippen LogP contribution in [0.1, 0.15) is 29.5 Å². The summed E-state index contributed by atoms with van der Waals surface area (Å²) < 4.78 is 47.0. The number of nitrogens with zero attached hydrogens (tertiary/aromatic N) is 3. The summed E-state index contributed by atoms with van der Waals surface area (Å²) in [7, 11) is -4.02. The van der Waals surface area contributed by atoms with Gasteiger partial charge in [-0.1, -0.05) is 48.5 Å². The molecule has 40 heavy (non-hydrogen) atoms. The first-order valence-corrected chi connectivity index (χ1v) is 14.5. The molecular formula is C30H31N3O6S. The molecule has 3 aromatic carbocycles. The summed E-state index contributed by atoms with van der Waals surface area (Å²) in [6, 6.07) is 24.2. The van der Waals surface area contributed by atoms with E-state index in [4.69, 9.17) is 13.9 Å². The van der Waals surface area contributed by atoms with Gasteiger partial charge in [0.1, 0.15) is 30.4 Å². The van der Waals surface area contributed by atoms with Crippen molar-refractivity contribution in [3.05, 3.63) is 101 Å². The summed E-state index contributed by atoms with van der Waals surface area (Å²) in [4.78, 5) is 17.0. The molecule has 0 radical (unpaired) electrons. The van der Waals surface area contributed by atoms with Crippen molar-refractivity contribution in [1.82, 2.24) is 9.29 Å². The fourth-order valence-electron chi connectivity index (χ4n) is 4.61. The highest BCUT2D eigenvalue weighted by Gasteiger charge is 2.35. The smallest absolute Gasteiger partial charge is 0.321 e. The number of fused-ring (bicyclic) bond motifs is 1. The molecule has 0 bridgehead atoms. The van der Waals surface area contributed by atoms with Gasteiger partial charge in [-0.15, -0.1) is 0 Å². The maximum Gasteiger partial charge on any atom is 0.321 e. The van der Waals surface area contributed by atoms with Gasteiger partial charge in [0, 0.05) is 18.7 Å². The SMILES string of the molecule is CCOC(=O)CN(Cc1cccc(OCc2nc(-c3ccccc3)oc2C)c1)S(=O)(=O)N1CCc2ccccc21. The van der Waals surface area contributed by atoms with Gasteiger partial charge < -0.3 is 13.9 Å². The third-order valence-corrected chi connectivity index (χ3v) is 8.45. The van der Waals surface area contributed by atoms with Crippen LogP contribution in [0.5, 0.6) is 5.75 Å². The number of hydrogen-bond acceptors (Lipinski definition) is 7. The van der Waals surface area contributed by atoms with Gasteiger partial charge in [-0.3, -0.25) is 9.10 Å². The number of para-hydroxylation sites is 1. The molecular weight excluding hydrogens is 530 g/mol. The van der Waals surface area contributed by atoms with Crippen LogP contribution in [0.3, 0.4) is 0 Å². The molecule has 1 aliphatic heterocycles. The number of ether oxygens (including phenoxy) is 2. The Morgan fingerprint density at radius 1 is 1.05 bits per heavy atom. The molecule has 9 nitrogen and oxygen atoms in total. The maximum absolute atomic E-state index is 13.8. The predicted octanol–water partition coefficient (Wildman–Crippen LogP) is 4.90. The van der Waals surface area contributed by atoms with E-state index in [9.17, 15) is 13.2 Å². The van der Waals surface area contributed by atoms with Crippen molar-refractivity contribution in [1.29, 1.82) is 0 Å². The minimum atomic E-state index is -4.02. The van der Waals surface area contributed by atoms with E-state index >= 15 is 0 Å². The highest BCUT2D eigenvalue weighted by Crippen LogP contribution is 2.32. The Morgan fingerprint density at radius 3 is 2.62 bits per heavy atom. The summed E-state index contributed by atoms with van der Waals surface area (Å²) in [5.41, 5.74) is 3.80. The van der Waals surface area contributed by atoms with Gasteiger partial charge in [0.2, 0.25) is 5.89 Å². The van der Waals surface area contributed by atoms with Crippen LogP contribution < -0.4 is 9.04 Å². The highest BCUT2D eigenvalue weighted by atomic mass is 32.2. The molecule has 208 valence electrons. The van der Waals surface area contributed by atoms with Crippen LogP contribution in [-0.4, -0.2) is 43.4 Å². The quantitative estimate of drug-likeness (QED) is 0.240. The van der Waals surface area contributed by atoms with Crippen LogP contribution in [-0.2, 0) is 39.3 Å². The van der Waals surface area contributed by atoms with Crippen molar-refractivity contribution in [2.75, 3.05) is 24.0 Å². The van der Waals surface area contributed by atoms with Crippen molar-refractivity contribution in [2.45, 2.75) is 33.4 Å². The molecule has 0 N–H and O–H groups in total. The number of aryl methyl sites for hydroxylation is 1. The van der Waals surface area contributed by atoms with Gasteiger partial charge in [-0.05, 0) is 61.7 Å². The largest absolute Gasteiger partial charge is 0.487 e. The van der Waals surface area contributed by atoms with Crippen LogP contribution >= 0.6 is 0 Å². The molecule has 1 aliphatic rings. The Hall–Kier alpha value is -4.15. The molecule has 1 aromatic heterocycles. The molecule has 2 heterocycles. The van der Waals surface area contributed by atoms with E-state index < -0.39 is 22.7 Å². The average Bonchev–Trinajstić information content (AvgIpc) is 3.56. The van der Waals surface area contributed by atoms with E-state index in [1.54, 1.807) is 37.3 Å². The zero-order valence-electron chi connectivity index (χ0n) is 22.4. The monoisotopic (exact) mass is 561 g/mol. The molecule has 0 unspecified atom stereocenters. The lowest BCUT2D eigenvalue weighted by molar-refractivity contribution is -0.143. The molecule has 4 aromatic rings. The number of carbonyl (C=O) groups excluding carboxylic acids is 1. The zero-order chi connectivity index (χ0) is 28.1. The van der Waals surface area contributed by atoms with Crippen LogP contribution in [0, 0.1) is 6.92 Å². The average molecular weight is 562 g/mol. The van der Waals surface area contributed by atoms with Crippen molar-refractivity contribution < 1.29 is 27.1 Å². The molecule has 10 heteroatoms. The lowest BCUT2D eigenvalue weighted by Gasteiger charge is -2.28. The number of esters is 1. The van der Waals surface area contributed by atoms with E-state index in [0.717, 1.165) is 15.4 Å². The van der Waals surface area contributed by atoms with E-state index in [0.29, 0.717) is 47.3 Å². The third kappa shape index (κ3) is 6.03.